The zero-order chi connectivity index (χ0) is 15.0. The molecule has 0 spiro atoms. The lowest BCUT2D eigenvalue weighted by Crippen LogP contribution is -2.32. The summed E-state index contributed by atoms with van der Waals surface area (Å²) >= 11 is 0. The van der Waals surface area contributed by atoms with Crippen molar-refractivity contribution in [2.75, 3.05) is 13.1 Å². The molecule has 0 saturated carbocycles. The molecule has 0 aliphatic heterocycles. The number of nitrogens with one attached hydrogen (secondary N) is 2. The Labute approximate surface area is 120 Å². The summed E-state index contributed by atoms with van der Waals surface area (Å²) in [5.41, 5.74) is 0.670. The number of aryl methyl sites for hydroxylation is 1. The van der Waals surface area contributed by atoms with Gasteiger partial charge in [0.25, 0.3) is 0 Å². The highest BCUT2D eigenvalue weighted by atomic mass is 16.6. The smallest absolute Gasteiger partial charge is 0.407 e. The fourth-order valence-electron chi connectivity index (χ4n) is 1.48. The van der Waals surface area contributed by atoms with E-state index in [2.05, 4.69) is 15.7 Å². The molecule has 0 aromatic carbocycles. The topological polar surface area (TPSA) is 68.2 Å². The van der Waals surface area contributed by atoms with Crippen LogP contribution in [0.3, 0.4) is 0 Å². The number of rotatable bonds is 6. The number of carbonyl (C=O) groups is 1. The van der Waals surface area contributed by atoms with E-state index in [0.717, 1.165) is 18.8 Å². The molecule has 0 saturated heterocycles. The van der Waals surface area contributed by atoms with Crippen LogP contribution in [0, 0.1) is 0 Å². The first-order valence-corrected chi connectivity index (χ1v) is 6.68. The third-order valence-electron chi connectivity index (χ3n) is 2.42. The first-order chi connectivity index (χ1) is 9.38. The van der Waals surface area contributed by atoms with Crippen molar-refractivity contribution in [1.82, 2.24) is 20.4 Å². The van der Waals surface area contributed by atoms with Gasteiger partial charge in [-0.25, -0.2) is 4.79 Å². The highest BCUT2D eigenvalue weighted by molar-refractivity contribution is 5.67. The van der Waals surface area contributed by atoms with Gasteiger partial charge in [-0.2, -0.15) is 5.10 Å². The molecule has 6 heteroatoms. The number of amides is 1. The average molecular weight is 280 g/mol. The summed E-state index contributed by atoms with van der Waals surface area (Å²) in [6, 6.07) is 1.97. The minimum absolute atomic E-state index is 0.398. The van der Waals surface area contributed by atoms with Gasteiger partial charge < -0.3 is 15.4 Å². The van der Waals surface area contributed by atoms with Crippen LogP contribution in [-0.2, 0) is 18.3 Å². The Balaban J connectivity index is 2.08. The van der Waals surface area contributed by atoms with Crippen LogP contribution in [-0.4, -0.2) is 34.6 Å². The number of carbonyl (C=O) groups excluding carboxylic acids is 1. The number of hydrogen-bond acceptors (Lipinski definition) is 4. The maximum absolute atomic E-state index is 11.3. The molecule has 0 aliphatic carbocycles. The van der Waals surface area contributed by atoms with E-state index >= 15 is 0 Å². The Morgan fingerprint density at radius 2 is 2.10 bits per heavy atom. The molecule has 0 unspecified atom stereocenters. The predicted octanol–water partition coefficient (Wildman–Crippen LogP) is 1.59. The van der Waals surface area contributed by atoms with Gasteiger partial charge in [-0.05, 0) is 26.8 Å². The average Bonchev–Trinajstić information content (AvgIpc) is 2.71. The minimum Gasteiger partial charge on any atom is -0.444 e. The van der Waals surface area contributed by atoms with Crippen LogP contribution >= 0.6 is 0 Å². The lowest BCUT2D eigenvalue weighted by molar-refractivity contribution is 0.0534. The molecule has 6 nitrogen and oxygen atoms in total. The van der Waals surface area contributed by atoms with Gasteiger partial charge in [0, 0.05) is 32.9 Å². The van der Waals surface area contributed by atoms with Gasteiger partial charge in [0.1, 0.15) is 5.60 Å². The van der Waals surface area contributed by atoms with Gasteiger partial charge in [-0.1, -0.05) is 12.2 Å². The highest BCUT2D eigenvalue weighted by Gasteiger charge is 2.14. The number of aromatic nitrogens is 2. The first-order valence-electron chi connectivity index (χ1n) is 6.68. The molecule has 1 aromatic heterocycles. The van der Waals surface area contributed by atoms with E-state index < -0.39 is 11.7 Å². The van der Waals surface area contributed by atoms with Gasteiger partial charge in [-0.15, -0.1) is 0 Å². The third-order valence-corrected chi connectivity index (χ3v) is 2.42. The molecular formula is C14H24N4O2. The number of ether oxygens (including phenoxy) is 1. The molecule has 1 aromatic rings. The van der Waals surface area contributed by atoms with E-state index in [1.54, 1.807) is 6.20 Å². The Bertz CT molecular complexity index is 446. The van der Waals surface area contributed by atoms with E-state index in [1.165, 1.54) is 0 Å². The quantitative estimate of drug-likeness (QED) is 0.613. The van der Waals surface area contributed by atoms with Crippen molar-refractivity contribution in [1.29, 1.82) is 0 Å². The predicted molar refractivity (Wildman–Crippen MR) is 78.3 cm³/mol. The lowest BCUT2D eigenvalue weighted by Gasteiger charge is -2.19. The van der Waals surface area contributed by atoms with Crippen LogP contribution in [0.2, 0.25) is 0 Å². The fourth-order valence-corrected chi connectivity index (χ4v) is 1.48. The highest BCUT2D eigenvalue weighted by Crippen LogP contribution is 2.06. The maximum Gasteiger partial charge on any atom is 0.407 e. The second kappa shape index (κ2) is 7.69. The molecule has 1 heterocycles. The van der Waals surface area contributed by atoms with Gasteiger partial charge in [0.15, 0.2) is 0 Å². The molecule has 0 aliphatic rings. The zero-order valence-electron chi connectivity index (χ0n) is 12.6. The van der Waals surface area contributed by atoms with Crippen LogP contribution in [0.5, 0.6) is 0 Å². The Hall–Kier alpha value is -1.82. The molecule has 1 amide bonds. The molecule has 0 bridgehead atoms. The Kier molecular flexibility index (Phi) is 6.24. The molecule has 20 heavy (non-hydrogen) atoms. The standard InChI is InChI=1S/C14H24N4O2/c1-14(2,3)20-13(19)16-9-6-5-8-15-11-12-7-10-17-18(12)4/h5-7,10,15H,8-9,11H2,1-4H3,(H,16,19)/b6-5+. The fraction of sp³-hybridized carbons (Fsp3) is 0.571. The summed E-state index contributed by atoms with van der Waals surface area (Å²) in [6.07, 6.45) is 5.23. The molecule has 1 rings (SSSR count). The molecular weight excluding hydrogens is 256 g/mol. The van der Waals surface area contributed by atoms with Crippen molar-refractivity contribution in [3.05, 3.63) is 30.1 Å². The molecule has 2 N–H and O–H groups in total. The van der Waals surface area contributed by atoms with E-state index in [9.17, 15) is 4.79 Å². The van der Waals surface area contributed by atoms with Crippen LogP contribution in [0.1, 0.15) is 26.5 Å². The minimum atomic E-state index is -0.460. The third kappa shape index (κ3) is 6.94. The van der Waals surface area contributed by atoms with E-state index in [4.69, 9.17) is 4.74 Å². The zero-order valence-corrected chi connectivity index (χ0v) is 12.6. The molecule has 0 atom stereocenters. The summed E-state index contributed by atoms with van der Waals surface area (Å²) in [6.45, 7) is 7.48. The second-order valence-corrected chi connectivity index (χ2v) is 5.43. The van der Waals surface area contributed by atoms with Crippen LogP contribution in [0.4, 0.5) is 4.79 Å². The van der Waals surface area contributed by atoms with Crippen molar-refractivity contribution in [2.24, 2.45) is 7.05 Å². The Morgan fingerprint density at radius 1 is 1.40 bits per heavy atom. The van der Waals surface area contributed by atoms with E-state index in [1.807, 2.05) is 50.7 Å². The summed E-state index contributed by atoms with van der Waals surface area (Å²) in [7, 11) is 1.91. The molecule has 0 radical (unpaired) electrons. The number of nitrogens with zero attached hydrogens (tertiary/aromatic N) is 2. The Morgan fingerprint density at radius 3 is 2.70 bits per heavy atom. The van der Waals surface area contributed by atoms with Crippen molar-refractivity contribution in [3.8, 4) is 0 Å². The number of alkyl carbamates (subject to hydrolysis) is 1. The van der Waals surface area contributed by atoms with Crippen molar-refractivity contribution in [2.45, 2.75) is 32.9 Å². The van der Waals surface area contributed by atoms with Crippen LogP contribution < -0.4 is 10.6 Å². The van der Waals surface area contributed by atoms with Crippen molar-refractivity contribution in [3.63, 3.8) is 0 Å². The van der Waals surface area contributed by atoms with Gasteiger partial charge in [0.05, 0.1) is 5.69 Å². The summed E-state index contributed by atoms with van der Waals surface area (Å²) < 4.78 is 6.95. The van der Waals surface area contributed by atoms with Gasteiger partial charge >= 0.3 is 6.09 Å². The van der Waals surface area contributed by atoms with Gasteiger partial charge in [0.2, 0.25) is 0 Å². The number of hydrogen-bond donors (Lipinski definition) is 2. The second-order valence-electron chi connectivity index (χ2n) is 5.43. The van der Waals surface area contributed by atoms with Crippen LogP contribution in [0.25, 0.3) is 0 Å². The molecule has 0 fully saturated rings. The summed E-state index contributed by atoms with van der Waals surface area (Å²) in [5.74, 6) is 0. The van der Waals surface area contributed by atoms with Crippen molar-refractivity contribution >= 4 is 6.09 Å². The largest absolute Gasteiger partial charge is 0.444 e. The maximum atomic E-state index is 11.3. The van der Waals surface area contributed by atoms with Crippen LogP contribution in [0.15, 0.2) is 24.4 Å². The SMILES string of the molecule is Cn1nccc1CNC/C=C/CNC(=O)OC(C)(C)C. The summed E-state index contributed by atoms with van der Waals surface area (Å²) in [4.78, 5) is 11.3. The van der Waals surface area contributed by atoms with E-state index in [0.29, 0.717) is 6.54 Å². The van der Waals surface area contributed by atoms with Crippen molar-refractivity contribution < 1.29 is 9.53 Å². The first kappa shape index (κ1) is 16.2. The monoisotopic (exact) mass is 280 g/mol. The lowest BCUT2D eigenvalue weighted by atomic mass is 10.2. The van der Waals surface area contributed by atoms with Gasteiger partial charge in [-0.3, -0.25) is 4.68 Å². The molecule has 112 valence electrons. The summed E-state index contributed by atoms with van der Waals surface area (Å²) in [5, 5.41) is 10.0. The normalized spacial score (nSPS) is 11.8. The van der Waals surface area contributed by atoms with E-state index in [-0.39, 0.29) is 0 Å².